The number of benzene rings is 2. The van der Waals surface area contributed by atoms with Gasteiger partial charge in [0.05, 0.1) is 25.2 Å². The van der Waals surface area contributed by atoms with Gasteiger partial charge in [0, 0.05) is 16.6 Å². The molecule has 6 heteroatoms. The van der Waals surface area contributed by atoms with Crippen LogP contribution in [-0.2, 0) is 4.79 Å². The maximum atomic E-state index is 12.4. The van der Waals surface area contributed by atoms with Crippen LogP contribution in [0.5, 0.6) is 11.5 Å². The molecule has 1 unspecified atom stereocenters. The van der Waals surface area contributed by atoms with Crippen molar-refractivity contribution in [3.63, 3.8) is 0 Å². The zero-order chi connectivity index (χ0) is 16.8. The highest BCUT2D eigenvalue weighted by Gasteiger charge is 2.17. The minimum absolute atomic E-state index is 0.121. The standard InChI is InChI=1S/C17H20N2O3S/c1-11(23-14-6-4-5-12(18)9-14)17(20)19-15-10-13(21-2)7-8-16(15)22-3/h4-11H,18H2,1-3H3,(H,19,20). The van der Waals surface area contributed by atoms with Crippen molar-refractivity contribution in [3.05, 3.63) is 42.5 Å². The lowest BCUT2D eigenvalue weighted by Crippen LogP contribution is -2.22. The molecular formula is C17H20N2O3S. The van der Waals surface area contributed by atoms with Crippen LogP contribution in [0.15, 0.2) is 47.4 Å². The van der Waals surface area contributed by atoms with E-state index in [-0.39, 0.29) is 11.2 Å². The van der Waals surface area contributed by atoms with Crippen LogP contribution in [0.25, 0.3) is 0 Å². The third kappa shape index (κ3) is 4.56. The Labute approximate surface area is 140 Å². The molecule has 0 bridgehead atoms. The van der Waals surface area contributed by atoms with E-state index in [1.165, 1.54) is 11.8 Å². The number of hydrogen-bond donors (Lipinski definition) is 2. The fourth-order valence-electron chi connectivity index (χ4n) is 1.99. The molecular weight excluding hydrogens is 312 g/mol. The number of carbonyl (C=O) groups excluding carboxylic acids is 1. The molecule has 0 fully saturated rings. The normalized spacial score (nSPS) is 11.6. The van der Waals surface area contributed by atoms with Crippen LogP contribution in [-0.4, -0.2) is 25.4 Å². The molecule has 5 nitrogen and oxygen atoms in total. The van der Waals surface area contributed by atoms with E-state index in [1.807, 2.05) is 31.2 Å². The Morgan fingerprint density at radius 3 is 2.61 bits per heavy atom. The van der Waals surface area contributed by atoms with E-state index < -0.39 is 0 Å². The predicted octanol–water partition coefficient (Wildman–Crippen LogP) is 3.41. The summed E-state index contributed by atoms with van der Waals surface area (Å²) in [5, 5.41) is 2.59. The molecule has 122 valence electrons. The Morgan fingerprint density at radius 2 is 1.96 bits per heavy atom. The van der Waals surface area contributed by atoms with Crippen molar-refractivity contribution < 1.29 is 14.3 Å². The topological polar surface area (TPSA) is 73.6 Å². The summed E-state index contributed by atoms with van der Waals surface area (Å²) in [5.41, 5.74) is 7.02. The summed E-state index contributed by atoms with van der Waals surface area (Å²) >= 11 is 1.44. The lowest BCUT2D eigenvalue weighted by Gasteiger charge is -2.15. The van der Waals surface area contributed by atoms with E-state index in [0.29, 0.717) is 22.9 Å². The molecule has 0 aromatic heterocycles. The number of rotatable bonds is 6. The van der Waals surface area contributed by atoms with Crippen LogP contribution < -0.4 is 20.5 Å². The molecule has 23 heavy (non-hydrogen) atoms. The Balaban J connectivity index is 2.09. The Hall–Kier alpha value is -2.34. The van der Waals surface area contributed by atoms with Crippen molar-refractivity contribution in [1.29, 1.82) is 0 Å². The Bertz CT molecular complexity index is 691. The molecule has 2 aromatic carbocycles. The van der Waals surface area contributed by atoms with Gasteiger partial charge in [-0.15, -0.1) is 11.8 Å². The highest BCUT2D eigenvalue weighted by atomic mass is 32.2. The number of nitrogens with two attached hydrogens (primary N) is 1. The predicted molar refractivity (Wildman–Crippen MR) is 94.3 cm³/mol. The number of anilines is 2. The molecule has 0 radical (unpaired) electrons. The summed E-state index contributed by atoms with van der Waals surface area (Å²) in [5.74, 6) is 1.11. The first-order valence-corrected chi connectivity index (χ1v) is 7.96. The summed E-state index contributed by atoms with van der Waals surface area (Å²) in [7, 11) is 3.13. The van der Waals surface area contributed by atoms with Gasteiger partial charge >= 0.3 is 0 Å². The Morgan fingerprint density at radius 1 is 1.17 bits per heavy atom. The lowest BCUT2D eigenvalue weighted by atomic mass is 10.2. The zero-order valence-electron chi connectivity index (χ0n) is 13.3. The van der Waals surface area contributed by atoms with Gasteiger partial charge in [-0.2, -0.15) is 0 Å². The number of nitrogens with one attached hydrogen (secondary N) is 1. The highest BCUT2D eigenvalue weighted by molar-refractivity contribution is 8.00. The number of hydrogen-bond acceptors (Lipinski definition) is 5. The maximum Gasteiger partial charge on any atom is 0.237 e. The van der Waals surface area contributed by atoms with E-state index in [9.17, 15) is 4.79 Å². The Kier molecular flexibility index (Phi) is 5.76. The molecule has 3 N–H and O–H groups in total. The molecule has 0 aliphatic rings. The largest absolute Gasteiger partial charge is 0.497 e. The number of carbonyl (C=O) groups is 1. The van der Waals surface area contributed by atoms with Gasteiger partial charge in [0.15, 0.2) is 0 Å². The van der Waals surface area contributed by atoms with Gasteiger partial charge in [-0.05, 0) is 37.3 Å². The van der Waals surface area contributed by atoms with Gasteiger partial charge in [-0.3, -0.25) is 4.79 Å². The van der Waals surface area contributed by atoms with Crippen molar-refractivity contribution in [1.82, 2.24) is 0 Å². The van der Waals surface area contributed by atoms with Crippen LogP contribution in [0.1, 0.15) is 6.92 Å². The summed E-state index contributed by atoms with van der Waals surface area (Å²) < 4.78 is 10.4. The van der Waals surface area contributed by atoms with E-state index in [2.05, 4.69) is 5.32 Å². The summed E-state index contributed by atoms with van der Waals surface area (Å²) in [6, 6.07) is 12.7. The van der Waals surface area contributed by atoms with Crippen LogP contribution in [0.3, 0.4) is 0 Å². The van der Waals surface area contributed by atoms with Crippen LogP contribution in [0.4, 0.5) is 11.4 Å². The highest BCUT2D eigenvalue weighted by Crippen LogP contribution is 2.31. The summed E-state index contributed by atoms with van der Waals surface area (Å²) in [6.07, 6.45) is 0. The molecule has 2 aromatic rings. The van der Waals surface area contributed by atoms with Crippen LogP contribution in [0, 0.1) is 0 Å². The average Bonchev–Trinajstić information content (AvgIpc) is 2.54. The zero-order valence-corrected chi connectivity index (χ0v) is 14.1. The summed E-state index contributed by atoms with van der Waals surface area (Å²) in [6.45, 7) is 1.84. The molecule has 0 saturated heterocycles. The van der Waals surface area contributed by atoms with Gasteiger partial charge in [0.2, 0.25) is 5.91 Å². The van der Waals surface area contributed by atoms with Crippen molar-refractivity contribution >= 4 is 29.0 Å². The van der Waals surface area contributed by atoms with Gasteiger partial charge in [-0.25, -0.2) is 0 Å². The molecule has 1 amide bonds. The lowest BCUT2D eigenvalue weighted by molar-refractivity contribution is -0.115. The fraction of sp³-hybridized carbons (Fsp3) is 0.235. The third-order valence-electron chi connectivity index (χ3n) is 3.20. The average molecular weight is 332 g/mol. The SMILES string of the molecule is COc1ccc(OC)c(NC(=O)C(C)Sc2cccc(N)c2)c1. The van der Waals surface area contributed by atoms with Crippen molar-refractivity contribution in [3.8, 4) is 11.5 Å². The fourth-order valence-corrected chi connectivity index (χ4v) is 2.93. The third-order valence-corrected chi connectivity index (χ3v) is 4.30. The van der Waals surface area contributed by atoms with E-state index >= 15 is 0 Å². The smallest absolute Gasteiger partial charge is 0.237 e. The first-order chi connectivity index (χ1) is 11.0. The quantitative estimate of drug-likeness (QED) is 0.626. The number of thioether (sulfide) groups is 1. The van der Waals surface area contributed by atoms with E-state index in [0.717, 1.165) is 4.90 Å². The molecule has 0 saturated carbocycles. The van der Waals surface area contributed by atoms with Crippen LogP contribution in [0.2, 0.25) is 0 Å². The number of ether oxygens (including phenoxy) is 2. The molecule has 0 spiro atoms. The van der Waals surface area contributed by atoms with Gasteiger partial charge in [0.1, 0.15) is 11.5 Å². The first kappa shape index (κ1) is 17.0. The summed E-state index contributed by atoms with van der Waals surface area (Å²) in [4.78, 5) is 13.4. The van der Waals surface area contributed by atoms with Crippen molar-refractivity contribution in [2.45, 2.75) is 17.1 Å². The first-order valence-electron chi connectivity index (χ1n) is 7.08. The molecule has 0 aliphatic carbocycles. The molecule has 1 atom stereocenters. The number of nitrogen functional groups attached to an aromatic ring is 1. The second-order valence-electron chi connectivity index (χ2n) is 4.89. The van der Waals surface area contributed by atoms with Crippen molar-refractivity contribution in [2.75, 3.05) is 25.3 Å². The molecule has 0 aliphatic heterocycles. The van der Waals surface area contributed by atoms with E-state index in [4.69, 9.17) is 15.2 Å². The minimum Gasteiger partial charge on any atom is -0.497 e. The number of amides is 1. The van der Waals surface area contributed by atoms with Gasteiger partial charge < -0.3 is 20.5 Å². The molecule has 0 heterocycles. The van der Waals surface area contributed by atoms with Gasteiger partial charge in [-0.1, -0.05) is 6.07 Å². The van der Waals surface area contributed by atoms with Gasteiger partial charge in [0.25, 0.3) is 0 Å². The monoisotopic (exact) mass is 332 g/mol. The second kappa shape index (κ2) is 7.78. The number of methoxy groups -OCH3 is 2. The second-order valence-corrected chi connectivity index (χ2v) is 6.30. The van der Waals surface area contributed by atoms with Crippen molar-refractivity contribution in [2.24, 2.45) is 0 Å². The van der Waals surface area contributed by atoms with Crippen LogP contribution >= 0.6 is 11.8 Å². The minimum atomic E-state index is -0.285. The molecule has 2 rings (SSSR count). The maximum absolute atomic E-state index is 12.4. The van der Waals surface area contributed by atoms with E-state index in [1.54, 1.807) is 32.4 Å².